The molecule has 1 aliphatic carbocycles. The average Bonchev–Trinajstić information content (AvgIpc) is 2.49. The lowest BCUT2D eigenvalue weighted by Crippen LogP contribution is -2.27. The maximum Gasteiger partial charge on any atom is 0.344 e. The molecule has 0 bridgehead atoms. The molecule has 4 heteroatoms. The van der Waals surface area contributed by atoms with Gasteiger partial charge in [0.15, 0.2) is 5.71 Å². The van der Waals surface area contributed by atoms with Crippen LogP contribution in [0.3, 0.4) is 0 Å². The highest BCUT2D eigenvalue weighted by Crippen LogP contribution is 2.28. The molecule has 4 nitrogen and oxygen atoms in total. The summed E-state index contributed by atoms with van der Waals surface area (Å²) >= 11 is 0. The second-order valence-electron chi connectivity index (χ2n) is 4.71. The van der Waals surface area contributed by atoms with Gasteiger partial charge in [0.1, 0.15) is 6.07 Å². The predicted octanol–water partition coefficient (Wildman–Crippen LogP) is 2.98. The fraction of sp³-hybridized carbons (Fsp3) is 0.188. The summed E-state index contributed by atoms with van der Waals surface area (Å²) in [5.41, 5.74) is -0.0277. The Labute approximate surface area is 117 Å². The van der Waals surface area contributed by atoms with Crippen molar-refractivity contribution in [1.29, 1.82) is 5.26 Å². The van der Waals surface area contributed by atoms with Crippen LogP contribution >= 0.6 is 0 Å². The number of rotatable bonds is 3. The van der Waals surface area contributed by atoms with Crippen LogP contribution in [0.1, 0.15) is 18.9 Å². The minimum absolute atomic E-state index is 0.0814. The lowest BCUT2D eigenvalue weighted by Gasteiger charge is -2.21. The van der Waals surface area contributed by atoms with Crippen LogP contribution in [0.25, 0.3) is 0 Å². The Morgan fingerprint density at radius 3 is 2.70 bits per heavy atom. The summed E-state index contributed by atoms with van der Waals surface area (Å²) in [4.78, 5) is 17.0. The molecular weight excluding hydrogens is 252 g/mol. The van der Waals surface area contributed by atoms with Crippen molar-refractivity contribution in [3.8, 4) is 6.07 Å². The van der Waals surface area contributed by atoms with Gasteiger partial charge in [-0.3, -0.25) is 0 Å². The molecule has 1 aromatic rings. The topological polar surface area (TPSA) is 62.4 Å². The largest absolute Gasteiger partial charge is 0.344 e. The number of hydrogen-bond donors (Lipinski definition) is 0. The molecule has 1 aliphatic rings. The van der Waals surface area contributed by atoms with E-state index in [1.807, 2.05) is 24.3 Å². The molecule has 0 amide bonds. The van der Waals surface area contributed by atoms with Crippen LogP contribution in [0, 0.1) is 16.7 Å². The van der Waals surface area contributed by atoms with Crippen LogP contribution in [-0.2, 0) is 9.63 Å². The normalized spacial score (nSPS) is 21.3. The van der Waals surface area contributed by atoms with Crippen molar-refractivity contribution in [2.24, 2.45) is 10.6 Å². The number of carbonyl (C=O) groups excluding carboxylic acids is 1. The minimum Gasteiger partial charge on any atom is -0.316 e. The molecule has 0 fully saturated rings. The second kappa shape index (κ2) is 5.98. The zero-order valence-electron chi connectivity index (χ0n) is 11.1. The van der Waals surface area contributed by atoms with Crippen molar-refractivity contribution in [3.05, 3.63) is 60.2 Å². The number of benzene rings is 1. The van der Waals surface area contributed by atoms with E-state index in [0.29, 0.717) is 12.0 Å². The second-order valence-corrected chi connectivity index (χ2v) is 4.71. The summed E-state index contributed by atoms with van der Waals surface area (Å²) < 4.78 is 0. The van der Waals surface area contributed by atoms with E-state index in [2.05, 4.69) is 5.16 Å². The molecule has 1 aromatic carbocycles. The van der Waals surface area contributed by atoms with Gasteiger partial charge in [0.2, 0.25) is 0 Å². The molecule has 1 atom stereocenters. The molecule has 0 aliphatic heterocycles. The van der Waals surface area contributed by atoms with Gasteiger partial charge in [-0.2, -0.15) is 5.26 Å². The van der Waals surface area contributed by atoms with Gasteiger partial charge < -0.3 is 4.84 Å². The van der Waals surface area contributed by atoms with Gasteiger partial charge in [-0.15, -0.1) is 0 Å². The molecule has 0 spiro atoms. The third-order valence-corrected chi connectivity index (χ3v) is 3.09. The van der Waals surface area contributed by atoms with Crippen molar-refractivity contribution in [2.45, 2.75) is 13.3 Å². The van der Waals surface area contributed by atoms with Crippen LogP contribution in [0.15, 0.2) is 59.8 Å². The predicted molar refractivity (Wildman–Crippen MR) is 75.7 cm³/mol. The zero-order valence-corrected chi connectivity index (χ0v) is 11.1. The van der Waals surface area contributed by atoms with Crippen molar-refractivity contribution in [1.82, 2.24) is 0 Å². The van der Waals surface area contributed by atoms with Crippen LogP contribution in [0.4, 0.5) is 0 Å². The number of hydrogen-bond acceptors (Lipinski definition) is 4. The lowest BCUT2D eigenvalue weighted by molar-refractivity contribution is -0.152. The van der Waals surface area contributed by atoms with Gasteiger partial charge in [0.05, 0.1) is 5.41 Å². The first kappa shape index (κ1) is 13.8. The van der Waals surface area contributed by atoms with Crippen molar-refractivity contribution in [2.75, 3.05) is 0 Å². The van der Waals surface area contributed by atoms with Gasteiger partial charge in [-0.05, 0) is 13.3 Å². The number of carbonyl (C=O) groups is 1. The number of oxime groups is 1. The quantitative estimate of drug-likeness (QED) is 0.480. The number of allylic oxidation sites excluding steroid dienone is 3. The molecule has 2 rings (SSSR count). The standard InChI is InChI=1S/C16H14N2O2/c1-16(10-6-3-7-11-16)15(19)20-18-14(12-17)13-8-4-2-5-9-13/h2-10H,11H2,1H3/b18-14+. The summed E-state index contributed by atoms with van der Waals surface area (Å²) in [7, 11) is 0. The molecule has 0 saturated heterocycles. The minimum atomic E-state index is -0.727. The first-order valence-electron chi connectivity index (χ1n) is 6.25. The van der Waals surface area contributed by atoms with Crippen LogP contribution in [-0.4, -0.2) is 11.7 Å². The Bertz CT molecular complexity index is 624. The van der Waals surface area contributed by atoms with E-state index in [1.54, 1.807) is 43.3 Å². The van der Waals surface area contributed by atoms with E-state index in [1.165, 1.54) is 0 Å². The molecule has 100 valence electrons. The van der Waals surface area contributed by atoms with E-state index >= 15 is 0 Å². The van der Waals surface area contributed by atoms with E-state index < -0.39 is 11.4 Å². The van der Waals surface area contributed by atoms with E-state index in [4.69, 9.17) is 10.1 Å². The molecular formula is C16H14N2O2. The van der Waals surface area contributed by atoms with Crippen molar-refractivity contribution >= 4 is 11.7 Å². The molecule has 1 unspecified atom stereocenters. The highest BCUT2D eigenvalue weighted by molar-refractivity contribution is 6.11. The Morgan fingerprint density at radius 2 is 2.10 bits per heavy atom. The van der Waals surface area contributed by atoms with Gasteiger partial charge >= 0.3 is 5.97 Å². The fourth-order valence-electron chi connectivity index (χ4n) is 1.80. The first-order chi connectivity index (χ1) is 9.65. The van der Waals surface area contributed by atoms with Crippen molar-refractivity contribution < 1.29 is 9.63 Å². The first-order valence-corrected chi connectivity index (χ1v) is 6.25. The van der Waals surface area contributed by atoms with Crippen LogP contribution < -0.4 is 0 Å². The van der Waals surface area contributed by atoms with Crippen LogP contribution in [0.2, 0.25) is 0 Å². The smallest absolute Gasteiger partial charge is 0.316 e. The maximum absolute atomic E-state index is 12.0. The molecule has 0 heterocycles. The number of nitrogens with zero attached hydrogens (tertiary/aromatic N) is 2. The van der Waals surface area contributed by atoms with Gasteiger partial charge in [-0.1, -0.05) is 59.8 Å². The highest BCUT2D eigenvalue weighted by atomic mass is 16.7. The monoisotopic (exact) mass is 266 g/mol. The summed E-state index contributed by atoms with van der Waals surface area (Å²) in [6, 6.07) is 10.8. The van der Waals surface area contributed by atoms with E-state index in [0.717, 1.165) is 0 Å². The summed E-state index contributed by atoms with van der Waals surface area (Å²) in [5, 5.41) is 12.8. The van der Waals surface area contributed by atoms with Gasteiger partial charge in [0.25, 0.3) is 0 Å². The third kappa shape index (κ3) is 3.01. The summed E-state index contributed by atoms with van der Waals surface area (Å²) in [6.07, 6.45) is 7.91. The Morgan fingerprint density at radius 1 is 1.35 bits per heavy atom. The van der Waals surface area contributed by atoms with Gasteiger partial charge in [-0.25, -0.2) is 4.79 Å². The SMILES string of the molecule is CC1(C(=O)O/N=C(\C#N)c2ccccc2)C=CC=CC1. The molecule has 0 aromatic heterocycles. The number of nitriles is 1. The average molecular weight is 266 g/mol. The highest BCUT2D eigenvalue weighted by Gasteiger charge is 2.32. The maximum atomic E-state index is 12.0. The van der Waals surface area contributed by atoms with Crippen molar-refractivity contribution in [3.63, 3.8) is 0 Å². The Balaban J connectivity index is 2.12. The molecule has 0 N–H and O–H groups in total. The lowest BCUT2D eigenvalue weighted by atomic mass is 9.84. The van der Waals surface area contributed by atoms with Gasteiger partial charge in [0, 0.05) is 5.56 Å². The fourth-order valence-corrected chi connectivity index (χ4v) is 1.80. The third-order valence-electron chi connectivity index (χ3n) is 3.09. The van der Waals surface area contributed by atoms with E-state index in [9.17, 15) is 4.79 Å². The molecule has 0 saturated carbocycles. The summed E-state index contributed by atoms with van der Waals surface area (Å²) in [5.74, 6) is -0.471. The molecule has 20 heavy (non-hydrogen) atoms. The zero-order chi connectivity index (χ0) is 14.4. The van der Waals surface area contributed by atoms with E-state index in [-0.39, 0.29) is 5.71 Å². The molecule has 0 radical (unpaired) electrons. The summed E-state index contributed by atoms with van der Waals surface area (Å²) in [6.45, 7) is 1.78. The Hall–Kier alpha value is -2.67. The van der Waals surface area contributed by atoms with Crippen LogP contribution in [0.5, 0.6) is 0 Å². The Kier molecular flexibility index (Phi) is 4.11.